The van der Waals surface area contributed by atoms with E-state index in [1.54, 1.807) is 19.0 Å². The predicted molar refractivity (Wildman–Crippen MR) is 91.4 cm³/mol. The Bertz CT molecular complexity index is 742. The third-order valence-corrected chi connectivity index (χ3v) is 3.97. The number of halogens is 4. The number of aryl methyl sites for hydroxylation is 1. The van der Waals surface area contributed by atoms with Crippen LogP contribution in [0.1, 0.15) is 12.0 Å². The van der Waals surface area contributed by atoms with Crippen molar-refractivity contribution in [2.75, 3.05) is 33.7 Å². The highest BCUT2D eigenvalue weighted by atomic mass is 19.4. The molecule has 0 spiro atoms. The molecule has 5 nitrogen and oxygen atoms in total. The second-order valence-electron chi connectivity index (χ2n) is 6.38. The van der Waals surface area contributed by atoms with Crippen molar-refractivity contribution < 1.29 is 26.9 Å². The average Bonchev–Trinajstić information content (AvgIpc) is 3.05. The molecular formula is C18H21F4N3O2. The van der Waals surface area contributed by atoms with Gasteiger partial charge in [-0.1, -0.05) is 5.16 Å². The molecule has 1 heterocycles. The summed E-state index contributed by atoms with van der Waals surface area (Å²) in [5.74, 6) is -1.78. The van der Waals surface area contributed by atoms with Crippen LogP contribution in [0.2, 0.25) is 0 Å². The Balaban J connectivity index is 2.01. The summed E-state index contributed by atoms with van der Waals surface area (Å²) in [6, 6.07) is 5.64. The topological polar surface area (TPSA) is 49.6 Å². The van der Waals surface area contributed by atoms with E-state index in [2.05, 4.69) is 5.16 Å². The minimum atomic E-state index is -4.90. The Kier molecular flexibility index (Phi) is 6.95. The number of hydrogen-bond acceptors (Lipinski definition) is 4. The van der Waals surface area contributed by atoms with Crippen molar-refractivity contribution in [2.45, 2.75) is 19.0 Å². The van der Waals surface area contributed by atoms with E-state index in [0.29, 0.717) is 36.3 Å². The van der Waals surface area contributed by atoms with E-state index in [1.807, 2.05) is 0 Å². The smallest absolute Gasteiger partial charge is 0.356 e. The summed E-state index contributed by atoms with van der Waals surface area (Å²) in [5, 5.41) is 3.72. The van der Waals surface area contributed by atoms with Crippen molar-refractivity contribution in [3.8, 4) is 11.3 Å². The molecule has 0 aliphatic carbocycles. The van der Waals surface area contributed by atoms with Crippen LogP contribution in [0.25, 0.3) is 11.3 Å². The summed E-state index contributed by atoms with van der Waals surface area (Å²) in [4.78, 5) is 14.1. The lowest BCUT2D eigenvalue weighted by molar-refractivity contribution is -0.185. The molecule has 1 amide bonds. The van der Waals surface area contributed by atoms with Crippen molar-refractivity contribution in [1.82, 2.24) is 15.0 Å². The Morgan fingerprint density at radius 3 is 2.37 bits per heavy atom. The number of likely N-dealkylation sites (N-methyl/N-ethyl adjacent to an activating group) is 1. The van der Waals surface area contributed by atoms with Gasteiger partial charge in [0.25, 0.3) is 0 Å². The minimum Gasteiger partial charge on any atom is -0.356 e. The molecule has 0 saturated carbocycles. The molecule has 1 aromatic carbocycles. The van der Waals surface area contributed by atoms with Gasteiger partial charge in [-0.15, -0.1) is 0 Å². The van der Waals surface area contributed by atoms with Crippen LogP contribution in [0.15, 0.2) is 35.0 Å². The number of hydrogen-bond donors (Lipinski definition) is 0. The average molecular weight is 387 g/mol. The third-order valence-electron chi connectivity index (χ3n) is 3.97. The van der Waals surface area contributed by atoms with Crippen LogP contribution < -0.4 is 0 Å². The molecule has 0 aliphatic heterocycles. The van der Waals surface area contributed by atoms with Crippen LogP contribution in [0.3, 0.4) is 0 Å². The van der Waals surface area contributed by atoms with Crippen molar-refractivity contribution in [3.63, 3.8) is 0 Å². The summed E-state index contributed by atoms with van der Waals surface area (Å²) < 4.78 is 56.6. The predicted octanol–water partition coefficient (Wildman–Crippen LogP) is 3.37. The quantitative estimate of drug-likeness (QED) is 0.652. The lowest BCUT2D eigenvalue weighted by Gasteiger charge is -2.25. The first-order chi connectivity index (χ1) is 12.7. The highest BCUT2D eigenvalue weighted by Crippen LogP contribution is 2.25. The SMILES string of the molecule is CN(C)CCN(CCCc1cnoc1-c1ccc(F)cc1)C(=O)C(F)(F)F. The number of carbonyl (C=O) groups excluding carboxylic acids is 1. The van der Waals surface area contributed by atoms with E-state index >= 15 is 0 Å². The number of rotatable bonds is 8. The molecule has 1 aromatic heterocycles. The zero-order chi connectivity index (χ0) is 20.0. The van der Waals surface area contributed by atoms with Gasteiger partial charge >= 0.3 is 12.1 Å². The van der Waals surface area contributed by atoms with Crippen LogP contribution in [-0.4, -0.2) is 60.8 Å². The second kappa shape index (κ2) is 8.98. The maximum Gasteiger partial charge on any atom is 0.471 e. The molecule has 0 bridgehead atoms. The zero-order valence-corrected chi connectivity index (χ0v) is 15.1. The van der Waals surface area contributed by atoms with Crippen LogP contribution in [0.4, 0.5) is 17.6 Å². The number of aromatic nitrogens is 1. The highest BCUT2D eigenvalue weighted by molar-refractivity contribution is 5.81. The lowest BCUT2D eigenvalue weighted by atomic mass is 10.1. The third kappa shape index (κ3) is 6.06. The van der Waals surface area contributed by atoms with Gasteiger partial charge in [0.15, 0.2) is 5.76 Å². The van der Waals surface area contributed by atoms with Crippen LogP contribution >= 0.6 is 0 Å². The number of benzene rings is 1. The molecular weight excluding hydrogens is 366 g/mol. The van der Waals surface area contributed by atoms with Gasteiger partial charge in [-0.05, 0) is 51.2 Å². The Labute approximate surface area is 154 Å². The first-order valence-electron chi connectivity index (χ1n) is 8.39. The zero-order valence-electron chi connectivity index (χ0n) is 15.1. The maximum absolute atomic E-state index is 13.0. The monoisotopic (exact) mass is 387 g/mol. The summed E-state index contributed by atoms with van der Waals surface area (Å²) in [6.45, 7) is 0.274. The summed E-state index contributed by atoms with van der Waals surface area (Å²) in [5.41, 5.74) is 1.31. The fourth-order valence-corrected chi connectivity index (χ4v) is 2.55. The normalized spacial score (nSPS) is 11.8. The number of amides is 1. The standard InChI is InChI=1S/C18H21F4N3O2/c1-24(2)10-11-25(17(26)18(20,21)22)9-3-4-14-12-23-27-16(14)13-5-7-15(19)8-6-13/h5-8,12H,3-4,9-11H2,1-2H3. The summed E-state index contributed by atoms with van der Waals surface area (Å²) in [6.07, 6.45) is -2.73. The molecule has 0 atom stereocenters. The molecule has 0 saturated heterocycles. The first-order valence-corrected chi connectivity index (χ1v) is 8.39. The summed E-state index contributed by atoms with van der Waals surface area (Å²) in [7, 11) is 3.45. The fourth-order valence-electron chi connectivity index (χ4n) is 2.55. The van der Waals surface area contributed by atoms with Crippen molar-refractivity contribution in [2.24, 2.45) is 0 Å². The van der Waals surface area contributed by atoms with Crippen molar-refractivity contribution in [3.05, 3.63) is 41.8 Å². The minimum absolute atomic E-state index is 0.0141. The number of nitrogens with zero attached hydrogens (tertiary/aromatic N) is 3. The van der Waals surface area contributed by atoms with Gasteiger partial charge in [-0.3, -0.25) is 4.79 Å². The van der Waals surface area contributed by atoms with Gasteiger partial charge in [0.1, 0.15) is 5.82 Å². The van der Waals surface area contributed by atoms with Gasteiger partial charge < -0.3 is 14.3 Å². The van der Waals surface area contributed by atoms with Gasteiger partial charge in [-0.2, -0.15) is 13.2 Å². The van der Waals surface area contributed by atoms with Crippen molar-refractivity contribution in [1.29, 1.82) is 0 Å². The molecule has 27 heavy (non-hydrogen) atoms. The Hall–Kier alpha value is -2.42. The largest absolute Gasteiger partial charge is 0.471 e. The second-order valence-corrected chi connectivity index (χ2v) is 6.38. The van der Waals surface area contributed by atoms with Crippen LogP contribution in [0.5, 0.6) is 0 Å². The van der Waals surface area contributed by atoms with Gasteiger partial charge in [0.2, 0.25) is 0 Å². The first kappa shape index (κ1) is 20.9. The lowest BCUT2D eigenvalue weighted by Crippen LogP contribution is -2.44. The maximum atomic E-state index is 13.0. The molecule has 148 valence electrons. The summed E-state index contributed by atoms with van der Waals surface area (Å²) >= 11 is 0. The molecule has 2 aromatic rings. The molecule has 0 radical (unpaired) electrons. The van der Waals surface area contributed by atoms with E-state index in [1.165, 1.54) is 30.5 Å². The number of alkyl halides is 3. The van der Waals surface area contributed by atoms with E-state index < -0.39 is 12.1 Å². The van der Waals surface area contributed by atoms with E-state index in [9.17, 15) is 22.4 Å². The number of carbonyl (C=O) groups is 1. The van der Waals surface area contributed by atoms with E-state index in [0.717, 1.165) is 4.90 Å². The Morgan fingerprint density at radius 1 is 1.11 bits per heavy atom. The van der Waals surface area contributed by atoms with Gasteiger partial charge in [-0.25, -0.2) is 4.39 Å². The van der Waals surface area contributed by atoms with E-state index in [4.69, 9.17) is 4.52 Å². The van der Waals surface area contributed by atoms with Gasteiger partial charge in [0.05, 0.1) is 6.20 Å². The highest BCUT2D eigenvalue weighted by Gasteiger charge is 2.42. The molecule has 0 aliphatic rings. The van der Waals surface area contributed by atoms with Gasteiger partial charge in [0, 0.05) is 30.8 Å². The molecule has 0 fully saturated rings. The molecule has 2 rings (SSSR count). The van der Waals surface area contributed by atoms with Crippen LogP contribution in [-0.2, 0) is 11.2 Å². The fraction of sp³-hybridized carbons (Fsp3) is 0.444. The molecule has 0 unspecified atom stereocenters. The molecule has 9 heteroatoms. The van der Waals surface area contributed by atoms with E-state index in [-0.39, 0.29) is 18.9 Å². The van der Waals surface area contributed by atoms with Crippen LogP contribution in [0, 0.1) is 5.82 Å². The molecule has 0 N–H and O–H groups in total. The Morgan fingerprint density at radius 2 is 1.78 bits per heavy atom. The van der Waals surface area contributed by atoms with Crippen molar-refractivity contribution >= 4 is 5.91 Å².